The molecule has 4 aromatic carbocycles. The number of fused-ring (bicyclic) bond motifs is 3. The fourth-order valence-corrected chi connectivity index (χ4v) is 6.33. The number of unbranched alkanes of at least 4 members (excludes halogenated alkanes) is 1. The summed E-state index contributed by atoms with van der Waals surface area (Å²) in [4.78, 5) is 43.3. The zero-order valence-corrected chi connectivity index (χ0v) is 26.8. The van der Waals surface area contributed by atoms with E-state index in [2.05, 4.69) is 5.32 Å². The van der Waals surface area contributed by atoms with E-state index in [1.165, 1.54) is 0 Å². The van der Waals surface area contributed by atoms with E-state index >= 15 is 0 Å². The Hall–Kier alpha value is -4.91. The van der Waals surface area contributed by atoms with E-state index in [9.17, 15) is 14.4 Å². The van der Waals surface area contributed by atoms with Gasteiger partial charge in [-0.25, -0.2) is 0 Å². The number of benzene rings is 4. The van der Waals surface area contributed by atoms with Gasteiger partial charge in [0.1, 0.15) is 17.5 Å². The van der Waals surface area contributed by atoms with Gasteiger partial charge in [0.15, 0.2) is 0 Å². The van der Waals surface area contributed by atoms with E-state index in [4.69, 9.17) is 10.5 Å². The first-order chi connectivity index (χ1) is 22.3. The van der Waals surface area contributed by atoms with Crippen LogP contribution in [0.25, 0.3) is 11.1 Å². The van der Waals surface area contributed by atoms with Crippen LogP contribution in [0.15, 0.2) is 103 Å². The second-order valence-electron chi connectivity index (χ2n) is 12.4. The van der Waals surface area contributed by atoms with Crippen LogP contribution in [0, 0.1) is 17.8 Å². The highest BCUT2D eigenvalue weighted by molar-refractivity contribution is 6.06. The molecule has 7 nitrogen and oxygen atoms in total. The quantitative estimate of drug-likeness (QED) is 0.160. The summed E-state index contributed by atoms with van der Waals surface area (Å²) < 4.78 is 6.08. The highest BCUT2D eigenvalue weighted by atomic mass is 16.5. The lowest BCUT2D eigenvalue weighted by Crippen LogP contribution is -2.47. The third-order valence-electron chi connectivity index (χ3n) is 8.56. The van der Waals surface area contributed by atoms with Crippen LogP contribution in [0.5, 0.6) is 11.5 Å². The summed E-state index contributed by atoms with van der Waals surface area (Å²) in [6, 6.07) is 31.8. The Bertz CT molecular complexity index is 1670. The van der Waals surface area contributed by atoms with Crippen LogP contribution in [0.3, 0.4) is 0 Å². The van der Waals surface area contributed by atoms with Crippen LogP contribution in [0.1, 0.15) is 63.6 Å². The molecule has 1 aliphatic heterocycles. The Morgan fingerprint density at radius 3 is 2.24 bits per heavy atom. The van der Waals surface area contributed by atoms with Crippen molar-refractivity contribution in [3.63, 3.8) is 0 Å². The average molecular weight is 618 g/mol. The van der Waals surface area contributed by atoms with E-state index < -0.39 is 23.8 Å². The summed E-state index contributed by atoms with van der Waals surface area (Å²) in [5.74, 6) is -0.782. The standard InChI is InChI=1S/C39H43N3O4/c1-4-5-18-33(37(40)43)34(23-26(2)3)38(44)41-36-32-21-10-9-19-30(32)31-20-11-12-22-35(31)42(39(36)45)25-27-14-13-17-29(24-27)46-28-15-7-6-8-16-28/h6-17,19-22,24,26,33-34,36H,4-5,18,23,25H2,1-3H3,(H2,40,43)(H,41,44)/t33-,34+,36?/m0/s1. The molecule has 1 heterocycles. The zero-order chi connectivity index (χ0) is 32.6. The van der Waals surface area contributed by atoms with Gasteiger partial charge in [-0.2, -0.15) is 0 Å². The van der Waals surface area contributed by atoms with Gasteiger partial charge >= 0.3 is 0 Å². The first kappa shape index (κ1) is 32.5. The van der Waals surface area contributed by atoms with Crippen molar-refractivity contribution in [1.29, 1.82) is 0 Å². The molecule has 1 unspecified atom stereocenters. The van der Waals surface area contributed by atoms with Crippen LogP contribution >= 0.6 is 0 Å². The fourth-order valence-electron chi connectivity index (χ4n) is 6.33. The van der Waals surface area contributed by atoms with E-state index in [1.807, 2.05) is 124 Å². The SMILES string of the molecule is CCCC[C@H](C(N)=O)[C@@H](CC(C)C)C(=O)NC1C(=O)N(Cc2cccc(Oc3ccccc3)c2)c2ccccc2-c2ccccc21. The van der Waals surface area contributed by atoms with E-state index in [1.54, 1.807) is 4.90 Å². The lowest BCUT2D eigenvalue weighted by Gasteiger charge is -2.30. The van der Waals surface area contributed by atoms with Crippen molar-refractivity contribution >= 4 is 23.4 Å². The van der Waals surface area contributed by atoms with Gasteiger partial charge < -0.3 is 20.7 Å². The van der Waals surface area contributed by atoms with Gasteiger partial charge in [-0.15, -0.1) is 0 Å². The molecule has 238 valence electrons. The molecule has 5 rings (SSSR count). The van der Waals surface area contributed by atoms with Crippen molar-refractivity contribution in [2.24, 2.45) is 23.5 Å². The number of carbonyl (C=O) groups excluding carboxylic acids is 3. The molecule has 1 aliphatic rings. The highest BCUT2D eigenvalue weighted by Gasteiger charge is 2.39. The van der Waals surface area contributed by atoms with Crippen LogP contribution in [-0.4, -0.2) is 17.7 Å². The number of nitrogens with one attached hydrogen (secondary N) is 1. The Morgan fingerprint density at radius 2 is 1.52 bits per heavy atom. The molecule has 4 aromatic rings. The average Bonchev–Trinajstić information content (AvgIpc) is 3.14. The number of nitrogens with zero attached hydrogens (tertiary/aromatic N) is 1. The molecule has 7 heteroatoms. The van der Waals surface area contributed by atoms with Crippen molar-refractivity contribution in [1.82, 2.24) is 5.32 Å². The summed E-state index contributed by atoms with van der Waals surface area (Å²) in [5.41, 5.74) is 9.99. The molecule has 0 spiro atoms. The number of primary amides is 1. The normalized spacial score (nSPS) is 15.3. The molecule has 0 aromatic heterocycles. The molecular weight excluding hydrogens is 574 g/mol. The van der Waals surface area contributed by atoms with Crippen molar-refractivity contribution in [2.45, 2.75) is 59.0 Å². The fraction of sp³-hybridized carbons (Fsp3) is 0.308. The minimum atomic E-state index is -0.964. The van der Waals surface area contributed by atoms with Gasteiger partial charge in [0.05, 0.1) is 12.2 Å². The lowest BCUT2D eigenvalue weighted by atomic mass is 9.81. The number of ether oxygens (including phenoxy) is 1. The van der Waals surface area contributed by atoms with Gasteiger partial charge in [-0.1, -0.05) is 106 Å². The summed E-state index contributed by atoms with van der Waals surface area (Å²) >= 11 is 0. The second kappa shape index (κ2) is 14.9. The molecule has 46 heavy (non-hydrogen) atoms. The Kier molecular flexibility index (Phi) is 10.5. The Morgan fingerprint density at radius 1 is 0.848 bits per heavy atom. The molecule has 0 fully saturated rings. The molecule has 3 N–H and O–H groups in total. The van der Waals surface area contributed by atoms with Crippen molar-refractivity contribution in [2.75, 3.05) is 4.90 Å². The predicted molar refractivity (Wildman–Crippen MR) is 182 cm³/mol. The molecule has 3 atom stereocenters. The first-order valence-electron chi connectivity index (χ1n) is 16.2. The monoisotopic (exact) mass is 617 g/mol. The number of hydrogen-bond donors (Lipinski definition) is 2. The van der Waals surface area contributed by atoms with Gasteiger partial charge in [-0.3, -0.25) is 14.4 Å². The predicted octanol–water partition coefficient (Wildman–Crippen LogP) is 7.80. The van der Waals surface area contributed by atoms with E-state index in [0.717, 1.165) is 41.0 Å². The van der Waals surface area contributed by atoms with Gasteiger partial charge in [0, 0.05) is 17.4 Å². The van der Waals surface area contributed by atoms with Crippen LogP contribution in [-0.2, 0) is 20.9 Å². The van der Waals surface area contributed by atoms with Gasteiger partial charge in [0.2, 0.25) is 11.8 Å². The Balaban J connectivity index is 1.52. The van der Waals surface area contributed by atoms with E-state index in [0.29, 0.717) is 24.2 Å². The molecule has 0 aliphatic carbocycles. The maximum atomic E-state index is 14.7. The number of nitrogens with two attached hydrogens (primary N) is 1. The number of para-hydroxylation sites is 2. The topological polar surface area (TPSA) is 102 Å². The third-order valence-corrected chi connectivity index (χ3v) is 8.56. The highest BCUT2D eigenvalue weighted by Crippen LogP contribution is 2.41. The molecule has 0 bridgehead atoms. The summed E-state index contributed by atoms with van der Waals surface area (Å²) in [7, 11) is 0. The maximum absolute atomic E-state index is 14.7. The molecular formula is C39H43N3O4. The Labute approximate surface area is 271 Å². The number of rotatable bonds is 13. The van der Waals surface area contributed by atoms with Gasteiger partial charge in [-0.05, 0) is 65.8 Å². The first-order valence-corrected chi connectivity index (χ1v) is 16.2. The molecule has 0 radical (unpaired) electrons. The number of hydrogen-bond acceptors (Lipinski definition) is 4. The van der Waals surface area contributed by atoms with Crippen molar-refractivity contribution < 1.29 is 19.1 Å². The van der Waals surface area contributed by atoms with Crippen molar-refractivity contribution in [3.05, 3.63) is 114 Å². The summed E-state index contributed by atoms with van der Waals surface area (Å²) in [5, 5.41) is 3.11. The third kappa shape index (κ3) is 7.48. The van der Waals surface area contributed by atoms with Crippen LogP contribution < -0.4 is 20.7 Å². The van der Waals surface area contributed by atoms with Crippen molar-refractivity contribution in [3.8, 4) is 22.6 Å². The maximum Gasteiger partial charge on any atom is 0.254 e. The number of amides is 3. The van der Waals surface area contributed by atoms with E-state index in [-0.39, 0.29) is 24.3 Å². The number of carbonyl (C=O) groups is 3. The minimum absolute atomic E-state index is 0.155. The molecule has 3 amide bonds. The minimum Gasteiger partial charge on any atom is -0.457 e. The summed E-state index contributed by atoms with van der Waals surface area (Å²) in [6.45, 7) is 6.36. The largest absolute Gasteiger partial charge is 0.457 e. The summed E-state index contributed by atoms with van der Waals surface area (Å²) in [6.07, 6.45) is 2.70. The lowest BCUT2D eigenvalue weighted by molar-refractivity contribution is -0.136. The zero-order valence-electron chi connectivity index (χ0n) is 26.8. The molecule has 0 saturated heterocycles. The van der Waals surface area contributed by atoms with Crippen LogP contribution in [0.2, 0.25) is 0 Å². The molecule has 0 saturated carbocycles. The number of anilines is 1. The van der Waals surface area contributed by atoms with Gasteiger partial charge in [0.25, 0.3) is 5.91 Å². The van der Waals surface area contributed by atoms with Crippen LogP contribution in [0.4, 0.5) is 5.69 Å². The second-order valence-corrected chi connectivity index (χ2v) is 12.4. The smallest absolute Gasteiger partial charge is 0.254 e.